The van der Waals surface area contributed by atoms with Crippen molar-refractivity contribution in [2.75, 3.05) is 0 Å². The Morgan fingerprint density at radius 1 is 0.800 bits per heavy atom. The van der Waals surface area contributed by atoms with E-state index in [1.807, 2.05) is 48.8 Å². The molecule has 0 saturated carbocycles. The maximum atomic E-state index is 12.3. The lowest BCUT2D eigenvalue weighted by atomic mass is 10.1. The first-order valence-corrected chi connectivity index (χ1v) is 14.6. The van der Waals surface area contributed by atoms with Crippen molar-refractivity contribution in [3.05, 3.63) is 64.1 Å². The van der Waals surface area contributed by atoms with E-state index >= 15 is 0 Å². The van der Waals surface area contributed by atoms with Gasteiger partial charge in [-0.05, 0) is 61.2 Å². The number of carbonyl (C=O) groups is 1. The van der Waals surface area contributed by atoms with E-state index in [1.54, 1.807) is 0 Å². The number of nitrogens with zero attached hydrogens (tertiary/aromatic N) is 2. The Labute approximate surface area is 219 Å². The van der Waals surface area contributed by atoms with Gasteiger partial charge in [0.2, 0.25) is 0 Å². The number of carbonyl (C=O) groups excluding carboxylic acids is 1. The van der Waals surface area contributed by atoms with Crippen LogP contribution in [0.2, 0.25) is 0 Å². The van der Waals surface area contributed by atoms with Gasteiger partial charge in [-0.2, -0.15) is 0 Å². The maximum Gasteiger partial charge on any atom is 0.360 e. The average molecular weight is 511 g/mol. The van der Waals surface area contributed by atoms with E-state index in [9.17, 15) is 4.79 Å². The molecule has 4 nitrogen and oxygen atoms in total. The standard InChI is InChI=1S/C29H38N2O2S2/c1-3-5-6-7-8-9-10-11-12-14-23-21-30-28(31-22-23)24-15-17-26(18-16-24)35-33-29(32)27-20-19-25(34-27)13-4-2/h15-22H,3-14H2,1-2H3. The number of hydrogen-bond donors (Lipinski definition) is 0. The first-order valence-electron chi connectivity index (χ1n) is 13.1. The molecule has 6 heteroatoms. The lowest BCUT2D eigenvalue weighted by Crippen LogP contribution is -1.96. The van der Waals surface area contributed by atoms with Gasteiger partial charge in [-0.1, -0.05) is 71.6 Å². The Hall–Kier alpha value is -2.18. The second-order valence-electron chi connectivity index (χ2n) is 8.99. The molecule has 188 valence electrons. The molecule has 0 unspecified atom stereocenters. The van der Waals surface area contributed by atoms with E-state index in [0.717, 1.165) is 47.6 Å². The summed E-state index contributed by atoms with van der Waals surface area (Å²) in [5.41, 5.74) is 2.16. The molecule has 0 radical (unpaired) electrons. The van der Waals surface area contributed by atoms with Crippen LogP contribution in [0.5, 0.6) is 0 Å². The number of benzene rings is 1. The molecule has 0 bridgehead atoms. The third-order valence-electron chi connectivity index (χ3n) is 5.96. The minimum Gasteiger partial charge on any atom is -0.382 e. The van der Waals surface area contributed by atoms with Gasteiger partial charge >= 0.3 is 5.97 Å². The van der Waals surface area contributed by atoms with Gasteiger partial charge in [0.15, 0.2) is 5.82 Å². The lowest BCUT2D eigenvalue weighted by molar-refractivity contribution is 0.0773. The summed E-state index contributed by atoms with van der Waals surface area (Å²) < 4.78 is 5.41. The molecule has 0 amide bonds. The molecule has 0 aliphatic rings. The fraction of sp³-hybridized carbons (Fsp3) is 0.483. The van der Waals surface area contributed by atoms with Gasteiger partial charge < -0.3 is 4.18 Å². The van der Waals surface area contributed by atoms with Crippen molar-refractivity contribution in [2.45, 2.75) is 95.8 Å². The summed E-state index contributed by atoms with van der Waals surface area (Å²) in [5, 5.41) is 0. The molecule has 0 aliphatic heterocycles. The second-order valence-corrected chi connectivity index (χ2v) is 11.0. The number of rotatable bonds is 16. The lowest BCUT2D eigenvalue weighted by Gasteiger charge is -2.05. The summed E-state index contributed by atoms with van der Waals surface area (Å²) in [6.07, 6.45) is 19.1. The molecule has 2 aromatic heterocycles. The molecular weight excluding hydrogens is 472 g/mol. The van der Waals surface area contributed by atoms with Crippen molar-refractivity contribution in [2.24, 2.45) is 0 Å². The summed E-state index contributed by atoms with van der Waals surface area (Å²) in [7, 11) is 0. The van der Waals surface area contributed by atoms with E-state index in [2.05, 4.69) is 23.8 Å². The predicted molar refractivity (Wildman–Crippen MR) is 148 cm³/mol. The van der Waals surface area contributed by atoms with Crippen LogP contribution in [0.4, 0.5) is 0 Å². The van der Waals surface area contributed by atoms with E-state index in [1.165, 1.54) is 79.6 Å². The van der Waals surface area contributed by atoms with Crippen molar-refractivity contribution in [1.29, 1.82) is 0 Å². The number of aromatic nitrogens is 2. The maximum absolute atomic E-state index is 12.3. The molecule has 0 fully saturated rings. The van der Waals surface area contributed by atoms with Crippen LogP contribution in [0.1, 0.15) is 98.2 Å². The van der Waals surface area contributed by atoms with Crippen LogP contribution in [-0.2, 0) is 17.0 Å². The summed E-state index contributed by atoms with van der Waals surface area (Å²) >= 11 is 2.60. The number of thiophene rings is 1. The van der Waals surface area contributed by atoms with Crippen LogP contribution >= 0.6 is 23.4 Å². The van der Waals surface area contributed by atoms with Gasteiger partial charge in [0.05, 0.1) is 12.0 Å². The predicted octanol–water partition coefficient (Wildman–Crippen LogP) is 9.10. The fourth-order valence-corrected chi connectivity index (χ4v) is 5.48. The quantitative estimate of drug-likeness (QED) is 0.142. The highest BCUT2D eigenvalue weighted by Gasteiger charge is 2.12. The van der Waals surface area contributed by atoms with Gasteiger partial charge in [0.1, 0.15) is 4.88 Å². The SMILES string of the molecule is CCCCCCCCCCCc1cnc(-c2ccc(SOC(=O)c3ccc(CCC)s3)cc2)nc1. The first-order chi connectivity index (χ1) is 17.2. The molecule has 3 rings (SSSR count). The Kier molecular flexibility index (Phi) is 12.3. The van der Waals surface area contributed by atoms with Gasteiger partial charge in [0, 0.05) is 27.7 Å². The molecule has 3 aromatic rings. The normalized spacial score (nSPS) is 11.0. The summed E-state index contributed by atoms with van der Waals surface area (Å²) in [6.45, 7) is 4.40. The molecule has 35 heavy (non-hydrogen) atoms. The Balaban J connectivity index is 1.37. The van der Waals surface area contributed by atoms with E-state index < -0.39 is 0 Å². The van der Waals surface area contributed by atoms with E-state index in [4.69, 9.17) is 4.18 Å². The molecule has 1 aromatic carbocycles. The van der Waals surface area contributed by atoms with Crippen molar-refractivity contribution in [1.82, 2.24) is 9.97 Å². The van der Waals surface area contributed by atoms with Gasteiger partial charge in [-0.3, -0.25) is 0 Å². The zero-order valence-corrected chi connectivity index (χ0v) is 22.8. The molecule has 0 saturated heterocycles. The second kappa shape index (κ2) is 15.7. The first kappa shape index (κ1) is 27.4. The molecule has 0 spiro atoms. The fourth-order valence-electron chi connectivity index (χ4n) is 3.93. The molecule has 0 aliphatic carbocycles. The third kappa shape index (κ3) is 9.77. The van der Waals surface area contributed by atoms with Gasteiger partial charge in [-0.15, -0.1) is 11.3 Å². The Morgan fingerprint density at radius 2 is 1.46 bits per heavy atom. The van der Waals surface area contributed by atoms with Gasteiger partial charge in [-0.25, -0.2) is 14.8 Å². The van der Waals surface area contributed by atoms with Crippen LogP contribution in [0, 0.1) is 0 Å². The number of unbranched alkanes of at least 4 members (excludes halogenated alkanes) is 8. The highest BCUT2D eigenvalue weighted by atomic mass is 32.2. The van der Waals surface area contributed by atoms with Gasteiger partial charge in [0.25, 0.3) is 0 Å². The summed E-state index contributed by atoms with van der Waals surface area (Å²) in [4.78, 5) is 24.1. The minimum absolute atomic E-state index is 0.294. The zero-order chi connectivity index (χ0) is 24.7. The van der Waals surface area contributed by atoms with Crippen molar-refractivity contribution < 1.29 is 8.98 Å². The molecule has 0 N–H and O–H groups in total. The largest absolute Gasteiger partial charge is 0.382 e. The smallest absolute Gasteiger partial charge is 0.360 e. The van der Waals surface area contributed by atoms with E-state index in [0.29, 0.717) is 4.88 Å². The van der Waals surface area contributed by atoms with Crippen molar-refractivity contribution in [3.8, 4) is 11.4 Å². The minimum atomic E-state index is -0.294. The van der Waals surface area contributed by atoms with Crippen molar-refractivity contribution >= 4 is 29.3 Å². The van der Waals surface area contributed by atoms with Crippen molar-refractivity contribution in [3.63, 3.8) is 0 Å². The Morgan fingerprint density at radius 3 is 2.11 bits per heavy atom. The monoisotopic (exact) mass is 510 g/mol. The van der Waals surface area contributed by atoms with Crippen LogP contribution in [0.25, 0.3) is 11.4 Å². The molecule has 0 atom stereocenters. The highest BCUT2D eigenvalue weighted by molar-refractivity contribution is 7.95. The number of hydrogen-bond acceptors (Lipinski definition) is 6. The highest BCUT2D eigenvalue weighted by Crippen LogP contribution is 2.26. The Bertz CT molecular complexity index is 1000. The summed E-state index contributed by atoms with van der Waals surface area (Å²) in [6, 6.07) is 11.7. The number of aryl methyl sites for hydroxylation is 2. The third-order valence-corrected chi connectivity index (χ3v) is 7.78. The van der Waals surface area contributed by atoms with Crippen LogP contribution in [0.15, 0.2) is 53.7 Å². The summed E-state index contributed by atoms with van der Waals surface area (Å²) in [5.74, 6) is 0.425. The molecular formula is C29H38N2O2S2. The van der Waals surface area contributed by atoms with Crippen LogP contribution < -0.4 is 0 Å². The van der Waals surface area contributed by atoms with Crippen LogP contribution in [0.3, 0.4) is 0 Å². The topological polar surface area (TPSA) is 52.1 Å². The zero-order valence-electron chi connectivity index (χ0n) is 21.1. The molecule has 2 heterocycles. The van der Waals surface area contributed by atoms with Crippen LogP contribution in [-0.4, -0.2) is 15.9 Å². The average Bonchev–Trinajstić information content (AvgIpc) is 3.36. The van der Waals surface area contributed by atoms with E-state index in [-0.39, 0.29) is 5.97 Å².